The second kappa shape index (κ2) is 4.27. The van der Waals surface area contributed by atoms with Crippen molar-refractivity contribution >= 4 is 5.91 Å². The summed E-state index contributed by atoms with van der Waals surface area (Å²) in [4.78, 5) is 14.8. The molecule has 1 amide bonds. The van der Waals surface area contributed by atoms with E-state index in [1.165, 1.54) is 6.42 Å². The zero-order valence-electron chi connectivity index (χ0n) is 14.0. The molecule has 0 aromatic heterocycles. The van der Waals surface area contributed by atoms with Crippen molar-refractivity contribution in [2.75, 3.05) is 13.1 Å². The number of rotatable bonds is 2. The van der Waals surface area contributed by atoms with E-state index in [1.54, 1.807) is 0 Å². The maximum Gasteiger partial charge on any atom is 0.240 e. The predicted molar refractivity (Wildman–Crippen MR) is 85.1 cm³/mol. The van der Waals surface area contributed by atoms with Crippen molar-refractivity contribution in [2.24, 2.45) is 22.0 Å². The summed E-state index contributed by atoms with van der Waals surface area (Å²) >= 11 is 0. The van der Waals surface area contributed by atoms with Gasteiger partial charge in [-0.25, -0.2) is 0 Å². The molecular weight excluding hydrogens is 276 g/mol. The minimum Gasteiger partial charge on any atom is -0.390 e. The van der Waals surface area contributed by atoms with E-state index in [4.69, 9.17) is 5.73 Å². The molecule has 4 nitrogen and oxygen atoms in total. The van der Waals surface area contributed by atoms with Crippen molar-refractivity contribution in [3.63, 3.8) is 0 Å². The Kier molecular flexibility index (Phi) is 2.90. The first-order chi connectivity index (χ1) is 10.2. The predicted octanol–water partition coefficient (Wildman–Crippen LogP) is 2.05. The number of amides is 1. The fourth-order valence-electron chi connectivity index (χ4n) is 7.45. The Labute approximate surface area is 133 Å². The fraction of sp³-hybridized carbons (Fsp3) is 0.944. The van der Waals surface area contributed by atoms with Crippen LogP contribution in [0.5, 0.6) is 0 Å². The average molecular weight is 306 g/mol. The van der Waals surface area contributed by atoms with Gasteiger partial charge in [-0.2, -0.15) is 0 Å². The van der Waals surface area contributed by atoms with E-state index in [1.807, 2.05) is 4.90 Å². The Bertz CT molecular complexity index is 458. The molecule has 0 aromatic carbocycles. The molecule has 1 heterocycles. The van der Waals surface area contributed by atoms with Gasteiger partial charge in [-0.15, -0.1) is 0 Å². The van der Waals surface area contributed by atoms with Gasteiger partial charge in [0, 0.05) is 13.1 Å². The Morgan fingerprint density at radius 1 is 1.00 bits per heavy atom. The van der Waals surface area contributed by atoms with Gasteiger partial charge in [0.2, 0.25) is 5.91 Å². The summed E-state index contributed by atoms with van der Waals surface area (Å²) in [5.74, 6) is 0.134. The monoisotopic (exact) mass is 306 g/mol. The van der Waals surface area contributed by atoms with E-state index < -0.39 is 11.6 Å². The topological polar surface area (TPSA) is 66.6 Å². The summed E-state index contributed by atoms with van der Waals surface area (Å²) in [6.07, 6.45) is 7.91. The van der Waals surface area contributed by atoms with E-state index in [2.05, 4.69) is 13.8 Å². The van der Waals surface area contributed by atoms with Crippen LogP contribution in [0.4, 0.5) is 0 Å². The van der Waals surface area contributed by atoms with Gasteiger partial charge >= 0.3 is 0 Å². The van der Waals surface area contributed by atoms with E-state index in [0.29, 0.717) is 0 Å². The molecule has 4 bridgehead atoms. The van der Waals surface area contributed by atoms with Crippen LogP contribution in [0.3, 0.4) is 0 Å². The highest BCUT2D eigenvalue weighted by Gasteiger charge is 2.67. The lowest BCUT2D eigenvalue weighted by Crippen LogP contribution is -2.68. The Hall–Kier alpha value is -0.610. The average Bonchev–Trinajstić information content (AvgIpc) is 2.84. The molecule has 3 N–H and O–H groups in total. The largest absolute Gasteiger partial charge is 0.390 e. The zero-order valence-corrected chi connectivity index (χ0v) is 14.0. The first kappa shape index (κ1) is 14.9. The van der Waals surface area contributed by atoms with Crippen LogP contribution in [0.25, 0.3) is 0 Å². The lowest BCUT2D eigenvalue weighted by atomic mass is 9.38. The molecule has 3 atom stereocenters. The zero-order chi connectivity index (χ0) is 15.8. The van der Waals surface area contributed by atoms with Gasteiger partial charge in [-0.1, -0.05) is 13.8 Å². The third-order valence-electron chi connectivity index (χ3n) is 6.95. The maximum absolute atomic E-state index is 12.9. The van der Waals surface area contributed by atoms with Crippen LogP contribution >= 0.6 is 0 Å². The van der Waals surface area contributed by atoms with Crippen molar-refractivity contribution in [1.29, 1.82) is 0 Å². The Morgan fingerprint density at radius 3 is 2.05 bits per heavy atom. The molecular formula is C18H30N2O2. The fourth-order valence-corrected chi connectivity index (χ4v) is 7.45. The summed E-state index contributed by atoms with van der Waals surface area (Å²) in [6.45, 7) is 6.33. The van der Waals surface area contributed by atoms with Gasteiger partial charge in [-0.05, 0) is 67.6 Å². The minimum atomic E-state index is -0.596. The number of hydrogen-bond acceptors (Lipinski definition) is 3. The second-order valence-electron chi connectivity index (χ2n) is 9.78. The molecule has 0 aromatic rings. The molecule has 0 spiro atoms. The molecule has 4 saturated carbocycles. The highest BCUT2D eigenvalue weighted by atomic mass is 16.3. The summed E-state index contributed by atoms with van der Waals surface area (Å²) < 4.78 is 0. The molecule has 1 aliphatic heterocycles. The molecule has 0 radical (unpaired) electrons. The molecule has 22 heavy (non-hydrogen) atoms. The van der Waals surface area contributed by atoms with Gasteiger partial charge < -0.3 is 15.7 Å². The van der Waals surface area contributed by atoms with Crippen molar-refractivity contribution in [2.45, 2.75) is 76.9 Å². The number of aliphatic hydroxyl groups is 1. The summed E-state index contributed by atoms with van der Waals surface area (Å²) in [5, 5.41) is 11.1. The third kappa shape index (κ3) is 2.06. The standard InChI is InChI=1S/C18H30N2O2/c1-15-7-16(2)9-17(8-15,12-18(22,10-15)11-16)13(19)14(21)20-5-3-4-6-20/h13,22H,3-12,19H2,1-2H3. The number of carbonyl (C=O) groups excluding carboxylic acids is 1. The van der Waals surface area contributed by atoms with Crippen LogP contribution in [0.2, 0.25) is 0 Å². The first-order valence-electron chi connectivity index (χ1n) is 8.94. The van der Waals surface area contributed by atoms with Crippen LogP contribution < -0.4 is 5.73 Å². The third-order valence-corrected chi connectivity index (χ3v) is 6.95. The summed E-state index contributed by atoms with van der Waals surface area (Å²) in [6, 6.07) is -0.434. The maximum atomic E-state index is 12.9. The van der Waals surface area contributed by atoms with E-state index >= 15 is 0 Å². The van der Waals surface area contributed by atoms with Gasteiger partial charge in [0.15, 0.2) is 0 Å². The lowest BCUT2D eigenvalue weighted by Gasteiger charge is -2.69. The van der Waals surface area contributed by atoms with Crippen molar-refractivity contribution in [1.82, 2.24) is 4.90 Å². The smallest absolute Gasteiger partial charge is 0.240 e. The molecule has 124 valence electrons. The van der Waals surface area contributed by atoms with E-state index in [9.17, 15) is 9.90 Å². The van der Waals surface area contributed by atoms with E-state index in [0.717, 1.165) is 58.0 Å². The highest BCUT2D eigenvalue weighted by Crippen LogP contribution is 2.71. The summed E-state index contributed by atoms with van der Waals surface area (Å²) in [5.41, 5.74) is 6.09. The number of hydrogen-bond donors (Lipinski definition) is 2. The molecule has 4 heteroatoms. The molecule has 5 fully saturated rings. The van der Waals surface area contributed by atoms with Crippen LogP contribution in [0, 0.1) is 16.2 Å². The van der Waals surface area contributed by atoms with Gasteiger partial charge in [-0.3, -0.25) is 4.79 Å². The number of likely N-dealkylation sites (tertiary alicyclic amines) is 1. The molecule has 5 aliphatic rings. The minimum absolute atomic E-state index is 0.134. The molecule has 3 unspecified atom stereocenters. The Morgan fingerprint density at radius 2 is 1.55 bits per heavy atom. The first-order valence-corrected chi connectivity index (χ1v) is 8.94. The van der Waals surface area contributed by atoms with Crippen molar-refractivity contribution < 1.29 is 9.90 Å². The number of carbonyl (C=O) groups is 1. The number of nitrogens with two attached hydrogens (primary N) is 1. The van der Waals surface area contributed by atoms with Gasteiger partial charge in [0.1, 0.15) is 0 Å². The quantitative estimate of drug-likeness (QED) is 0.820. The molecule has 1 saturated heterocycles. The Balaban J connectivity index is 1.66. The van der Waals surface area contributed by atoms with Gasteiger partial charge in [0.25, 0.3) is 0 Å². The lowest BCUT2D eigenvalue weighted by molar-refractivity contribution is -0.230. The van der Waals surface area contributed by atoms with Gasteiger partial charge in [0.05, 0.1) is 11.6 Å². The van der Waals surface area contributed by atoms with Crippen LogP contribution in [0.15, 0.2) is 0 Å². The van der Waals surface area contributed by atoms with Crippen LogP contribution in [-0.2, 0) is 4.79 Å². The molecule has 5 rings (SSSR count). The SMILES string of the molecule is CC12CC3(C)CC(O)(C1)CC(C(N)C(=O)N1CCCC1)(C2)C3. The van der Waals surface area contributed by atoms with Crippen molar-refractivity contribution in [3.8, 4) is 0 Å². The van der Waals surface area contributed by atoms with Crippen LogP contribution in [-0.4, -0.2) is 40.6 Å². The normalized spacial score (nSPS) is 51.4. The van der Waals surface area contributed by atoms with Crippen molar-refractivity contribution in [3.05, 3.63) is 0 Å². The molecule has 4 aliphatic carbocycles. The van der Waals surface area contributed by atoms with E-state index in [-0.39, 0.29) is 22.2 Å². The van der Waals surface area contributed by atoms with Crippen LogP contribution in [0.1, 0.15) is 65.2 Å². The number of nitrogens with zero attached hydrogens (tertiary/aromatic N) is 1. The summed E-state index contributed by atoms with van der Waals surface area (Å²) in [7, 11) is 0. The highest BCUT2D eigenvalue weighted by molar-refractivity contribution is 5.83. The second-order valence-corrected chi connectivity index (χ2v) is 9.78.